The molecule has 0 aliphatic heterocycles. The van der Waals surface area contributed by atoms with Gasteiger partial charge in [-0.05, 0) is 46.1 Å². The van der Waals surface area contributed by atoms with Crippen LogP contribution in [0.5, 0.6) is 0 Å². The summed E-state index contributed by atoms with van der Waals surface area (Å²) in [5.74, 6) is -0.937. The molecule has 0 amide bonds. The Morgan fingerprint density at radius 2 is 2.33 bits per heavy atom. The molecule has 1 aromatic rings. The van der Waals surface area contributed by atoms with Gasteiger partial charge in [0.2, 0.25) is 0 Å². The van der Waals surface area contributed by atoms with E-state index < -0.39 is 18.0 Å². The molecule has 0 spiro atoms. The third-order valence-corrected chi connectivity index (χ3v) is 5.86. The Labute approximate surface area is 119 Å². The van der Waals surface area contributed by atoms with Gasteiger partial charge in [0.25, 0.3) is 0 Å². The zero-order valence-electron chi connectivity index (χ0n) is 10.2. The van der Waals surface area contributed by atoms with Gasteiger partial charge < -0.3 is 10.2 Å². The van der Waals surface area contributed by atoms with E-state index in [-0.39, 0.29) is 5.92 Å². The number of aliphatic carboxylic acids is 1. The van der Waals surface area contributed by atoms with Gasteiger partial charge in [0.1, 0.15) is 0 Å². The Balaban J connectivity index is 2.20. The highest BCUT2D eigenvalue weighted by atomic mass is 79.9. The van der Waals surface area contributed by atoms with Gasteiger partial charge in [-0.15, -0.1) is 11.3 Å². The first-order valence-corrected chi connectivity index (χ1v) is 7.85. The van der Waals surface area contributed by atoms with E-state index >= 15 is 0 Å². The molecule has 5 heteroatoms. The summed E-state index contributed by atoms with van der Waals surface area (Å²) in [6, 6.07) is 1.89. The van der Waals surface area contributed by atoms with Gasteiger partial charge in [0, 0.05) is 15.3 Å². The molecule has 3 nitrogen and oxygen atoms in total. The molecule has 0 radical (unpaired) electrons. The molecular formula is C13H17BrO3S. The fourth-order valence-corrected chi connectivity index (χ4v) is 4.52. The first-order chi connectivity index (χ1) is 8.54. The maximum absolute atomic E-state index is 11.3. The minimum absolute atomic E-state index is 0.164. The summed E-state index contributed by atoms with van der Waals surface area (Å²) >= 11 is 4.88. The lowest BCUT2D eigenvalue weighted by molar-refractivity contribution is -0.144. The number of halogens is 1. The Kier molecular flexibility index (Phi) is 4.45. The van der Waals surface area contributed by atoms with Gasteiger partial charge >= 0.3 is 5.97 Å². The monoisotopic (exact) mass is 332 g/mol. The van der Waals surface area contributed by atoms with E-state index in [4.69, 9.17) is 0 Å². The molecule has 4 atom stereocenters. The van der Waals surface area contributed by atoms with Gasteiger partial charge in [-0.25, -0.2) is 0 Å². The summed E-state index contributed by atoms with van der Waals surface area (Å²) in [5, 5.41) is 21.6. The van der Waals surface area contributed by atoms with Crippen molar-refractivity contribution in [3.05, 3.63) is 20.8 Å². The van der Waals surface area contributed by atoms with Crippen LogP contribution in [0.3, 0.4) is 0 Å². The predicted octanol–water partition coefficient (Wildman–Crippen LogP) is 3.68. The molecule has 0 saturated heterocycles. The van der Waals surface area contributed by atoms with Gasteiger partial charge in [-0.3, -0.25) is 4.79 Å². The zero-order valence-corrected chi connectivity index (χ0v) is 12.6. The maximum Gasteiger partial charge on any atom is 0.306 e. The van der Waals surface area contributed by atoms with E-state index in [1.54, 1.807) is 0 Å². The van der Waals surface area contributed by atoms with Crippen molar-refractivity contribution in [2.75, 3.05) is 0 Å². The molecule has 1 aliphatic carbocycles. The van der Waals surface area contributed by atoms with E-state index in [1.165, 1.54) is 11.3 Å². The van der Waals surface area contributed by atoms with Crippen LogP contribution in [-0.4, -0.2) is 16.2 Å². The minimum atomic E-state index is -0.775. The van der Waals surface area contributed by atoms with Gasteiger partial charge in [0.15, 0.2) is 0 Å². The number of aliphatic hydroxyl groups excluding tert-OH is 1. The van der Waals surface area contributed by atoms with Crippen molar-refractivity contribution in [2.45, 2.75) is 32.3 Å². The van der Waals surface area contributed by atoms with Crippen LogP contribution in [0.4, 0.5) is 0 Å². The number of rotatable bonds is 4. The van der Waals surface area contributed by atoms with Crippen molar-refractivity contribution in [2.24, 2.45) is 17.8 Å². The second kappa shape index (κ2) is 5.72. The summed E-state index contributed by atoms with van der Waals surface area (Å²) < 4.78 is 0.879. The van der Waals surface area contributed by atoms with Crippen LogP contribution in [0.1, 0.15) is 37.2 Å². The Hall–Kier alpha value is -0.390. The average Bonchev–Trinajstić information content (AvgIpc) is 2.93. The molecule has 1 aliphatic rings. The summed E-state index contributed by atoms with van der Waals surface area (Å²) in [6.45, 7) is 2.08. The lowest BCUT2D eigenvalue weighted by Gasteiger charge is -2.21. The SMILES string of the molecule is CCC1CC(C(=O)O)C(C(O)c2sccc2Br)C1. The van der Waals surface area contributed by atoms with Crippen molar-refractivity contribution in [3.63, 3.8) is 0 Å². The standard InChI is InChI=1S/C13H17BrO3S/c1-2-7-5-8(9(6-7)13(16)17)11(15)12-10(14)3-4-18-12/h3-4,7-9,11,15H,2,5-6H2,1H3,(H,16,17). The molecule has 18 heavy (non-hydrogen) atoms. The average molecular weight is 333 g/mol. The van der Waals surface area contributed by atoms with Crippen LogP contribution >= 0.6 is 27.3 Å². The number of aliphatic hydroxyl groups is 1. The fraction of sp³-hybridized carbons (Fsp3) is 0.615. The van der Waals surface area contributed by atoms with Crippen molar-refractivity contribution < 1.29 is 15.0 Å². The van der Waals surface area contributed by atoms with Crippen molar-refractivity contribution in [3.8, 4) is 0 Å². The van der Waals surface area contributed by atoms with Crippen LogP contribution in [0, 0.1) is 17.8 Å². The molecule has 4 unspecified atom stereocenters. The fourth-order valence-electron chi connectivity index (χ4n) is 2.86. The highest BCUT2D eigenvalue weighted by Gasteiger charge is 2.42. The second-order valence-corrected chi connectivity index (χ2v) is 6.73. The Morgan fingerprint density at radius 3 is 2.83 bits per heavy atom. The Morgan fingerprint density at radius 1 is 1.61 bits per heavy atom. The maximum atomic E-state index is 11.3. The Bertz CT molecular complexity index is 432. The predicted molar refractivity (Wildman–Crippen MR) is 74.6 cm³/mol. The van der Waals surface area contributed by atoms with Gasteiger partial charge in [-0.1, -0.05) is 13.3 Å². The number of thiophene rings is 1. The van der Waals surface area contributed by atoms with E-state index in [9.17, 15) is 15.0 Å². The van der Waals surface area contributed by atoms with E-state index in [0.717, 1.165) is 22.2 Å². The summed E-state index contributed by atoms with van der Waals surface area (Å²) in [5.41, 5.74) is 0. The van der Waals surface area contributed by atoms with Crippen molar-refractivity contribution in [1.82, 2.24) is 0 Å². The van der Waals surface area contributed by atoms with E-state index in [0.29, 0.717) is 12.3 Å². The van der Waals surface area contributed by atoms with E-state index in [1.807, 2.05) is 11.4 Å². The van der Waals surface area contributed by atoms with Crippen LogP contribution in [0.25, 0.3) is 0 Å². The van der Waals surface area contributed by atoms with Crippen LogP contribution in [-0.2, 0) is 4.79 Å². The van der Waals surface area contributed by atoms with Crippen molar-refractivity contribution in [1.29, 1.82) is 0 Å². The van der Waals surface area contributed by atoms with Gasteiger partial charge in [-0.2, -0.15) is 0 Å². The lowest BCUT2D eigenvalue weighted by atomic mass is 9.90. The molecule has 2 rings (SSSR count). The number of hydrogen-bond donors (Lipinski definition) is 2. The molecule has 1 saturated carbocycles. The second-order valence-electron chi connectivity index (χ2n) is 4.93. The summed E-state index contributed by atoms with van der Waals surface area (Å²) in [6.07, 6.45) is 1.81. The quantitative estimate of drug-likeness (QED) is 0.884. The number of hydrogen-bond acceptors (Lipinski definition) is 3. The smallest absolute Gasteiger partial charge is 0.306 e. The van der Waals surface area contributed by atoms with E-state index in [2.05, 4.69) is 22.9 Å². The third-order valence-electron chi connectivity index (χ3n) is 3.92. The molecular weight excluding hydrogens is 316 g/mol. The lowest BCUT2D eigenvalue weighted by Crippen LogP contribution is -2.23. The number of carbonyl (C=O) groups is 1. The molecule has 0 aromatic carbocycles. The molecule has 2 N–H and O–H groups in total. The largest absolute Gasteiger partial charge is 0.481 e. The number of carboxylic acid groups (broad SMARTS) is 1. The van der Waals surface area contributed by atoms with Crippen molar-refractivity contribution >= 4 is 33.2 Å². The molecule has 100 valence electrons. The first kappa shape index (κ1) is 14.0. The normalized spacial score (nSPS) is 29.4. The minimum Gasteiger partial charge on any atom is -0.481 e. The molecule has 1 heterocycles. The molecule has 0 bridgehead atoms. The highest BCUT2D eigenvalue weighted by molar-refractivity contribution is 9.10. The highest BCUT2D eigenvalue weighted by Crippen LogP contribution is 2.46. The van der Waals surface area contributed by atoms with Crippen LogP contribution in [0.15, 0.2) is 15.9 Å². The summed E-state index contributed by atoms with van der Waals surface area (Å²) in [4.78, 5) is 12.2. The molecule has 1 fully saturated rings. The molecule has 1 aromatic heterocycles. The van der Waals surface area contributed by atoms with Crippen LogP contribution < -0.4 is 0 Å². The zero-order chi connectivity index (χ0) is 13.3. The third kappa shape index (κ3) is 2.63. The number of carboxylic acids is 1. The van der Waals surface area contributed by atoms with Gasteiger partial charge in [0.05, 0.1) is 12.0 Å². The van der Waals surface area contributed by atoms with Crippen LogP contribution in [0.2, 0.25) is 0 Å². The topological polar surface area (TPSA) is 57.5 Å². The first-order valence-electron chi connectivity index (χ1n) is 6.18. The summed E-state index contributed by atoms with van der Waals surface area (Å²) in [7, 11) is 0.